The first-order chi connectivity index (χ1) is 14.4. The van der Waals surface area contributed by atoms with Crippen LogP contribution in [-0.4, -0.2) is 54.0 Å². The van der Waals surface area contributed by atoms with Gasteiger partial charge in [0.2, 0.25) is 0 Å². The van der Waals surface area contributed by atoms with Crippen LogP contribution < -0.4 is 10.6 Å². The number of benzene rings is 1. The predicted octanol–water partition coefficient (Wildman–Crippen LogP) is 2.03. The Kier molecular flexibility index (Phi) is 6.68. The lowest BCUT2D eigenvalue weighted by Gasteiger charge is -2.16. The van der Waals surface area contributed by atoms with Crippen molar-refractivity contribution in [2.45, 2.75) is 19.4 Å². The van der Waals surface area contributed by atoms with E-state index in [0.29, 0.717) is 16.3 Å². The Labute approximate surface area is 176 Å². The molecule has 2 heterocycles. The summed E-state index contributed by atoms with van der Waals surface area (Å²) in [6.07, 6.45) is 2.02. The first-order valence-corrected chi connectivity index (χ1v) is 9.95. The third-order valence-electron chi connectivity index (χ3n) is 4.55. The van der Waals surface area contributed by atoms with Gasteiger partial charge < -0.3 is 25.1 Å². The number of nitrogens with zero attached hydrogens (tertiary/aromatic N) is 1. The molecule has 3 N–H and O–H groups in total. The van der Waals surface area contributed by atoms with E-state index in [1.165, 1.54) is 7.11 Å². The van der Waals surface area contributed by atoms with Crippen LogP contribution in [0.2, 0.25) is 0 Å². The molecule has 0 spiro atoms. The number of hydrogen-bond donors (Lipinski definition) is 3. The molecule has 3 aromatic rings. The molecule has 2 aromatic heterocycles. The van der Waals surface area contributed by atoms with Gasteiger partial charge in [0.15, 0.2) is 6.61 Å². The average molecular weight is 430 g/mol. The van der Waals surface area contributed by atoms with E-state index in [1.54, 1.807) is 20.2 Å². The summed E-state index contributed by atoms with van der Waals surface area (Å²) in [6.45, 7) is 1.15. The predicted molar refractivity (Wildman–Crippen MR) is 113 cm³/mol. The van der Waals surface area contributed by atoms with Crippen LogP contribution in [0.4, 0.5) is 5.00 Å². The summed E-state index contributed by atoms with van der Waals surface area (Å²) in [5.41, 5.74) is 2.59. The van der Waals surface area contributed by atoms with Gasteiger partial charge in [0, 0.05) is 30.6 Å². The quantitative estimate of drug-likeness (QED) is 0.467. The SMILES string of the molecule is CNc1snc(C)c1C(=O)OCC(=O)N[C@@H](Cc1c[nH]c2ccccc12)C(=O)OC. The zero-order valence-corrected chi connectivity index (χ0v) is 17.6. The summed E-state index contributed by atoms with van der Waals surface area (Å²) in [4.78, 5) is 40.0. The van der Waals surface area contributed by atoms with E-state index in [-0.39, 0.29) is 6.42 Å². The van der Waals surface area contributed by atoms with E-state index in [0.717, 1.165) is 28.0 Å². The van der Waals surface area contributed by atoms with Crippen molar-refractivity contribution < 1.29 is 23.9 Å². The molecule has 0 saturated heterocycles. The van der Waals surface area contributed by atoms with Gasteiger partial charge in [-0.05, 0) is 30.1 Å². The van der Waals surface area contributed by atoms with Crippen LogP contribution in [0.5, 0.6) is 0 Å². The number of methoxy groups -OCH3 is 1. The van der Waals surface area contributed by atoms with Crippen molar-refractivity contribution in [2.75, 3.05) is 26.1 Å². The minimum Gasteiger partial charge on any atom is -0.467 e. The molecule has 1 aromatic carbocycles. The van der Waals surface area contributed by atoms with E-state index in [2.05, 4.69) is 20.0 Å². The minimum absolute atomic E-state index is 0.230. The van der Waals surface area contributed by atoms with Gasteiger partial charge in [-0.2, -0.15) is 4.37 Å². The molecular formula is C20H22N4O5S. The highest BCUT2D eigenvalue weighted by Crippen LogP contribution is 2.24. The number of rotatable bonds is 8. The highest BCUT2D eigenvalue weighted by Gasteiger charge is 2.25. The van der Waals surface area contributed by atoms with E-state index >= 15 is 0 Å². The van der Waals surface area contributed by atoms with Gasteiger partial charge in [-0.25, -0.2) is 9.59 Å². The van der Waals surface area contributed by atoms with Gasteiger partial charge in [-0.15, -0.1) is 0 Å². The van der Waals surface area contributed by atoms with Crippen LogP contribution >= 0.6 is 11.5 Å². The molecule has 0 aliphatic carbocycles. The van der Waals surface area contributed by atoms with E-state index in [1.807, 2.05) is 24.3 Å². The van der Waals surface area contributed by atoms with E-state index in [4.69, 9.17) is 9.47 Å². The molecule has 0 unspecified atom stereocenters. The van der Waals surface area contributed by atoms with Crippen molar-refractivity contribution in [3.05, 3.63) is 47.3 Å². The second-order valence-corrected chi connectivity index (χ2v) is 7.28. The molecule has 1 amide bonds. The summed E-state index contributed by atoms with van der Waals surface area (Å²) in [7, 11) is 2.92. The summed E-state index contributed by atoms with van der Waals surface area (Å²) >= 11 is 1.13. The second kappa shape index (κ2) is 9.40. The van der Waals surface area contributed by atoms with E-state index < -0.39 is 30.5 Å². The highest BCUT2D eigenvalue weighted by molar-refractivity contribution is 7.10. The highest BCUT2D eigenvalue weighted by atomic mass is 32.1. The number of hydrogen-bond acceptors (Lipinski definition) is 8. The van der Waals surface area contributed by atoms with Gasteiger partial charge in [-0.1, -0.05) is 18.2 Å². The van der Waals surface area contributed by atoms with Gasteiger partial charge in [0.1, 0.15) is 16.6 Å². The van der Waals surface area contributed by atoms with Crippen LogP contribution in [0.1, 0.15) is 21.6 Å². The molecule has 30 heavy (non-hydrogen) atoms. The van der Waals surface area contributed by atoms with Crippen LogP contribution in [0.15, 0.2) is 30.5 Å². The smallest absolute Gasteiger partial charge is 0.343 e. The molecule has 1 atom stereocenters. The number of esters is 2. The van der Waals surface area contributed by atoms with Gasteiger partial charge in [-0.3, -0.25) is 4.79 Å². The maximum Gasteiger partial charge on any atom is 0.343 e. The lowest BCUT2D eigenvalue weighted by molar-refractivity contribution is -0.145. The number of nitrogens with one attached hydrogen (secondary N) is 3. The van der Waals surface area contributed by atoms with Crippen molar-refractivity contribution in [3.63, 3.8) is 0 Å². The standard InChI is InChI=1S/C20H22N4O5S/c1-11-17(18(21-2)30-24-11)20(27)29-10-16(25)23-15(19(26)28-3)8-12-9-22-14-7-5-4-6-13(12)14/h4-7,9,15,21-22H,8,10H2,1-3H3,(H,23,25)/t15-/m0/s1. The van der Waals surface area contributed by atoms with Crippen molar-refractivity contribution in [1.82, 2.24) is 14.7 Å². The second-order valence-electron chi connectivity index (χ2n) is 6.51. The Balaban J connectivity index is 1.65. The maximum absolute atomic E-state index is 12.3. The molecule has 0 aliphatic rings. The largest absolute Gasteiger partial charge is 0.467 e. The number of carbonyl (C=O) groups excluding carboxylic acids is 3. The minimum atomic E-state index is -0.919. The molecule has 10 heteroatoms. The summed E-state index contributed by atoms with van der Waals surface area (Å²) in [6, 6.07) is 6.73. The average Bonchev–Trinajstić information content (AvgIpc) is 3.34. The van der Waals surface area contributed by atoms with Crippen molar-refractivity contribution >= 4 is 45.3 Å². The van der Waals surface area contributed by atoms with Gasteiger partial charge >= 0.3 is 11.9 Å². The van der Waals surface area contributed by atoms with Crippen LogP contribution in [0, 0.1) is 6.92 Å². The molecule has 0 bridgehead atoms. The Morgan fingerprint density at radius 3 is 2.77 bits per heavy atom. The third-order valence-corrected chi connectivity index (χ3v) is 5.50. The molecule has 158 valence electrons. The first kappa shape index (κ1) is 21.3. The van der Waals surface area contributed by atoms with Gasteiger partial charge in [0.25, 0.3) is 5.91 Å². The summed E-state index contributed by atoms with van der Waals surface area (Å²) < 4.78 is 14.0. The van der Waals surface area contributed by atoms with Crippen molar-refractivity contribution in [3.8, 4) is 0 Å². The fraction of sp³-hybridized carbons (Fsp3) is 0.300. The number of carbonyl (C=O) groups is 3. The Bertz CT molecular complexity index is 1070. The monoisotopic (exact) mass is 430 g/mol. The topological polar surface area (TPSA) is 122 Å². The third kappa shape index (κ3) is 4.60. The van der Waals surface area contributed by atoms with Crippen molar-refractivity contribution in [1.29, 1.82) is 0 Å². The van der Waals surface area contributed by atoms with Gasteiger partial charge in [0.05, 0.1) is 12.8 Å². The van der Waals surface area contributed by atoms with Crippen LogP contribution in [0.25, 0.3) is 10.9 Å². The van der Waals surface area contributed by atoms with Crippen LogP contribution in [-0.2, 0) is 25.5 Å². The molecule has 0 radical (unpaired) electrons. The zero-order chi connectivity index (χ0) is 21.7. The lowest BCUT2D eigenvalue weighted by atomic mass is 10.0. The number of amides is 1. The number of H-pyrrole nitrogens is 1. The fourth-order valence-electron chi connectivity index (χ4n) is 3.08. The normalized spacial score (nSPS) is 11.7. The Hall–Kier alpha value is -3.40. The maximum atomic E-state index is 12.3. The molecule has 0 saturated carbocycles. The number of para-hydroxylation sites is 1. The number of aromatic amines is 1. The Morgan fingerprint density at radius 2 is 2.03 bits per heavy atom. The molecule has 0 fully saturated rings. The molecule has 9 nitrogen and oxygen atoms in total. The van der Waals surface area contributed by atoms with E-state index in [9.17, 15) is 14.4 Å². The Morgan fingerprint density at radius 1 is 1.27 bits per heavy atom. The zero-order valence-electron chi connectivity index (χ0n) is 16.8. The number of aromatic nitrogens is 2. The number of anilines is 1. The summed E-state index contributed by atoms with van der Waals surface area (Å²) in [5.74, 6) is -1.85. The van der Waals surface area contributed by atoms with Crippen molar-refractivity contribution in [2.24, 2.45) is 0 Å². The molecule has 0 aliphatic heterocycles. The number of ether oxygens (including phenoxy) is 2. The summed E-state index contributed by atoms with van der Waals surface area (Å²) in [5, 5.41) is 6.96. The number of fused-ring (bicyclic) bond motifs is 1. The molecular weight excluding hydrogens is 408 g/mol. The number of aryl methyl sites for hydroxylation is 1. The fourth-order valence-corrected chi connectivity index (χ4v) is 3.81. The lowest BCUT2D eigenvalue weighted by Crippen LogP contribution is -2.44. The van der Waals surface area contributed by atoms with Crippen LogP contribution in [0.3, 0.4) is 0 Å². The molecule has 3 rings (SSSR count). The first-order valence-electron chi connectivity index (χ1n) is 9.18.